The molecule has 23 nitrogen and oxygen atoms in total. The van der Waals surface area contributed by atoms with Crippen molar-refractivity contribution in [2.75, 3.05) is 32.4 Å². The summed E-state index contributed by atoms with van der Waals surface area (Å²) in [5.74, 6) is -6.32. The van der Waals surface area contributed by atoms with E-state index in [9.17, 15) is 48.6 Å². The van der Waals surface area contributed by atoms with Crippen LogP contribution in [0.5, 0.6) is 5.75 Å². The Bertz CT molecular complexity index is 2610. The normalized spacial score (nSPS) is 15.4. The largest absolute Gasteiger partial charge is 0.508 e. The lowest BCUT2D eigenvalue weighted by Gasteiger charge is -2.31. The Morgan fingerprint density at radius 1 is 0.740 bits per heavy atom. The predicted molar refractivity (Wildman–Crippen MR) is 289 cm³/mol. The molecule has 1 aromatic heterocycles. The molecule has 7 amide bonds. The van der Waals surface area contributed by atoms with Crippen molar-refractivity contribution in [1.29, 1.82) is 0 Å². The molecule has 7 atom stereocenters. The van der Waals surface area contributed by atoms with E-state index >= 15 is 0 Å². The third-order valence-corrected chi connectivity index (χ3v) is 13.7. The summed E-state index contributed by atoms with van der Waals surface area (Å²) < 4.78 is 0. The van der Waals surface area contributed by atoms with Crippen LogP contribution in [0.1, 0.15) is 61.9 Å². The zero-order valence-corrected chi connectivity index (χ0v) is 44.2. The highest BCUT2D eigenvalue weighted by Gasteiger charge is 2.40. The number of aliphatic carboxylic acids is 1. The Morgan fingerprint density at radius 2 is 1.35 bits per heavy atom. The molecule has 1 saturated heterocycles. The number of nitrogens with two attached hydrogens (primary N) is 2. The third kappa shape index (κ3) is 19.6. The molecule has 1 aliphatic rings. The average Bonchev–Trinajstić information content (AvgIpc) is 4.13. The van der Waals surface area contributed by atoms with Crippen molar-refractivity contribution in [3.05, 3.63) is 120 Å². The summed E-state index contributed by atoms with van der Waals surface area (Å²) in [6, 6.07) is 15.5. The van der Waals surface area contributed by atoms with Crippen molar-refractivity contribution in [1.82, 2.24) is 52.1 Å². The SMILES string of the molecule is CNCC(=O)N[C@@H](CCCN=C(N)N)C(=O)N[C@H](C(=O)N[C@@H](Cc1ccc(O)cc1)C(=O)N[C@@H](CSCc1ccccc1)C(=O)N[C@@H](Cc1cnc[nH]1)C(=O)N1CCC[C@H]1C(=O)N[C@@H](Cc1ccccc1)C(=O)O)C(C)C. The van der Waals surface area contributed by atoms with Crippen LogP contribution in [-0.4, -0.2) is 153 Å². The van der Waals surface area contributed by atoms with E-state index in [0.717, 1.165) is 5.56 Å². The number of likely N-dealkylation sites (N-methyl/N-ethyl adjacent to an activating group) is 1. The number of carboxylic acids is 1. The summed E-state index contributed by atoms with van der Waals surface area (Å²) in [5.41, 5.74) is 13.5. The number of aromatic hydroxyl groups is 1. The number of aliphatic imine (C=N–C) groups is 1. The molecule has 0 bridgehead atoms. The molecule has 2 heterocycles. The molecule has 0 saturated carbocycles. The number of rotatable bonds is 30. The van der Waals surface area contributed by atoms with E-state index < -0.39 is 95.5 Å². The zero-order valence-electron chi connectivity index (χ0n) is 43.4. The number of amides is 7. The molecular weight excluding hydrogens is 1010 g/mol. The molecule has 4 aromatic rings. The first kappa shape index (κ1) is 59.9. The summed E-state index contributed by atoms with van der Waals surface area (Å²) in [6.07, 6.45) is 3.74. The number of aromatic nitrogens is 2. The van der Waals surface area contributed by atoms with Gasteiger partial charge in [-0.15, -0.1) is 0 Å². The molecule has 1 aliphatic heterocycles. The van der Waals surface area contributed by atoms with E-state index in [-0.39, 0.29) is 69.2 Å². The minimum atomic E-state index is -1.38. The van der Waals surface area contributed by atoms with Crippen LogP contribution in [0.15, 0.2) is 102 Å². The van der Waals surface area contributed by atoms with Crippen molar-refractivity contribution in [3.63, 3.8) is 0 Å². The maximum Gasteiger partial charge on any atom is 0.326 e. The van der Waals surface area contributed by atoms with Crippen molar-refractivity contribution in [3.8, 4) is 5.75 Å². The van der Waals surface area contributed by atoms with Gasteiger partial charge in [-0.3, -0.25) is 38.6 Å². The molecule has 77 heavy (non-hydrogen) atoms. The number of imidazole rings is 1. The molecule has 24 heteroatoms. The summed E-state index contributed by atoms with van der Waals surface area (Å²) >= 11 is 1.32. The fraction of sp³-hybridized carbons (Fsp3) is 0.434. The van der Waals surface area contributed by atoms with Crippen LogP contribution in [-0.2, 0) is 63.4 Å². The second-order valence-electron chi connectivity index (χ2n) is 18.9. The maximum absolute atomic E-state index is 14.8. The zero-order chi connectivity index (χ0) is 55.9. The number of guanidine groups is 1. The van der Waals surface area contributed by atoms with Crippen molar-refractivity contribution < 1.29 is 48.6 Å². The minimum absolute atomic E-state index is 0.00717. The molecule has 0 radical (unpaired) electrons. The lowest BCUT2D eigenvalue weighted by molar-refractivity contribution is -0.145. The van der Waals surface area contributed by atoms with Gasteiger partial charge in [-0.2, -0.15) is 11.8 Å². The van der Waals surface area contributed by atoms with E-state index in [1.165, 1.54) is 41.3 Å². The average molecular weight is 1080 g/mol. The molecule has 1 fully saturated rings. The van der Waals surface area contributed by atoms with Crippen LogP contribution in [0.2, 0.25) is 0 Å². The number of carbonyl (C=O) groups excluding carboxylic acids is 7. The molecule has 14 N–H and O–H groups in total. The Balaban J connectivity index is 1.41. The second-order valence-corrected chi connectivity index (χ2v) is 20.0. The molecule has 0 aliphatic carbocycles. The van der Waals surface area contributed by atoms with E-state index in [1.54, 1.807) is 63.4 Å². The fourth-order valence-electron chi connectivity index (χ4n) is 8.54. The number of phenolic OH excluding ortho intramolecular Hbond substituents is 1. The topological polar surface area (TPSA) is 358 Å². The number of likely N-dealkylation sites (tertiary alicyclic amines) is 1. The Kier molecular flexibility index (Phi) is 23.7. The van der Waals surface area contributed by atoms with Gasteiger partial charge in [0.2, 0.25) is 41.4 Å². The Hall–Kier alpha value is -7.99. The van der Waals surface area contributed by atoms with Crippen molar-refractivity contribution in [2.45, 2.75) is 107 Å². The van der Waals surface area contributed by atoms with E-state index in [2.05, 4.69) is 52.2 Å². The van der Waals surface area contributed by atoms with Gasteiger partial charge in [0.05, 0.1) is 12.9 Å². The van der Waals surface area contributed by atoms with Crippen LogP contribution in [0.25, 0.3) is 0 Å². The second kappa shape index (κ2) is 30.5. The smallest absolute Gasteiger partial charge is 0.326 e. The van der Waals surface area contributed by atoms with Gasteiger partial charge in [-0.1, -0.05) is 86.6 Å². The van der Waals surface area contributed by atoms with Gasteiger partial charge >= 0.3 is 5.97 Å². The Morgan fingerprint density at radius 3 is 1.97 bits per heavy atom. The molecule has 414 valence electrons. The number of aromatic amines is 1. The predicted octanol–water partition coefficient (Wildman–Crippen LogP) is -0.01000. The first-order valence-electron chi connectivity index (χ1n) is 25.4. The lowest BCUT2D eigenvalue weighted by atomic mass is 10.00. The van der Waals surface area contributed by atoms with Gasteiger partial charge in [-0.05, 0) is 67.5 Å². The van der Waals surface area contributed by atoms with E-state index in [1.807, 2.05) is 30.3 Å². The monoisotopic (exact) mass is 1080 g/mol. The number of carbonyl (C=O) groups is 8. The fourth-order valence-corrected chi connectivity index (χ4v) is 9.56. The van der Waals surface area contributed by atoms with Gasteiger partial charge < -0.3 is 68.8 Å². The van der Waals surface area contributed by atoms with Gasteiger partial charge in [0.15, 0.2) is 5.96 Å². The first-order valence-corrected chi connectivity index (χ1v) is 26.5. The Labute approximate surface area is 451 Å². The van der Waals surface area contributed by atoms with Gasteiger partial charge in [0, 0.05) is 55.7 Å². The minimum Gasteiger partial charge on any atom is -0.508 e. The van der Waals surface area contributed by atoms with Crippen LogP contribution < -0.4 is 48.7 Å². The van der Waals surface area contributed by atoms with Crippen LogP contribution in [0, 0.1) is 5.92 Å². The summed E-state index contributed by atoms with van der Waals surface area (Å²) in [6.45, 7) is 3.60. The first-order chi connectivity index (χ1) is 36.9. The van der Waals surface area contributed by atoms with Crippen molar-refractivity contribution >= 4 is 65.0 Å². The quantitative estimate of drug-likeness (QED) is 0.0186. The number of H-pyrrole nitrogens is 1. The molecule has 3 aromatic carbocycles. The highest BCUT2D eigenvalue weighted by molar-refractivity contribution is 7.98. The van der Waals surface area contributed by atoms with Crippen LogP contribution in [0.3, 0.4) is 0 Å². The van der Waals surface area contributed by atoms with Gasteiger partial charge in [0.1, 0.15) is 48.0 Å². The molecule has 5 rings (SSSR count). The molecule has 0 spiro atoms. The number of nitrogens with one attached hydrogen (secondary N) is 8. The number of thioether (sulfide) groups is 1. The third-order valence-electron chi connectivity index (χ3n) is 12.5. The number of phenols is 1. The number of nitrogens with zero attached hydrogens (tertiary/aromatic N) is 3. The summed E-state index contributed by atoms with van der Waals surface area (Å²) in [4.78, 5) is 124. The summed E-state index contributed by atoms with van der Waals surface area (Å²) in [5, 5.41) is 39.3. The van der Waals surface area contributed by atoms with Crippen LogP contribution in [0.4, 0.5) is 0 Å². The molecule has 0 unspecified atom stereocenters. The number of carboxylic acid groups (broad SMARTS) is 1. The molecular formula is C53H71N13O10S. The van der Waals surface area contributed by atoms with E-state index in [0.29, 0.717) is 35.4 Å². The van der Waals surface area contributed by atoms with Crippen LogP contribution >= 0.6 is 11.8 Å². The maximum atomic E-state index is 14.8. The summed E-state index contributed by atoms with van der Waals surface area (Å²) in [7, 11) is 1.57. The van der Waals surface area contributed by atoms with E-state index in [4.69, 9.17) is 11.5 Å². The highest BCUT2D eigenvalue weighted by atomic mass is 32.2. The number of hydrogen-bond donors (Lipinski definition) is 12. The number of hydrogen-bond acceptors (Lipinski definition) is 13. The lowest BCUT2D eigenvalue weighted by Crippen LogP contribution is -2.61. The highest BCUT2D eigenvalue weighted by Crippen LogP contribution is 2.21. The van der Waals surface area contributed by atoms with Gasteiger partial charge in [0.25, 0.3) is 0 Å². The number of benzene rings is 3. The standard InChI is InChI=1S/C53H71N13O10S/c1-32(2)45(65-46(69)38(60-44(68)28-56-3)16-10-22-58-53(54)55)50(73)61-39(24-34-18-20-37(67)21-19-34)47(70)64-42(30-77-29-35-14-8-5-9-15-35)48(71)62-40(26-36-27-57-31-59-36)51(74)66-23-11-17-43(66)49(72)63-41(52(75)76)25-33-12-6-4-7-13-33/h4-9,12-15,18-21,27,31-32,38-43,45,56,67H,10-11,16-17,22-26,28-30H2,1-3H3,(H,57,59)(H,60,68)(H,61,73)(H,62,71)(H,63,72)(H,64,70)(H,65,69)(H,75,76)(H4,54,55,58)/t38-,39-,40-,41-,42-,43-,45-/m0/s1. The van der Waals surface area contributed by atoms with Crippen molar-refractivity contribution in [2.24, 2.45) is 22.4 Å². The van der Waals surface area contributed by atoms with Gasteiger partial charge in [-0.25, -0.2) is 9.78 Å².